The molecule has 1 aromatic rings. The van der Waals surface area contributed by atoms with Crippen LogP contribution in [0.5, 0.6) is 0 Å². The molecule has 1 atom stereocenters. The van der Waals surface area contributed by atoms with Crippen LogP contribution >= 0.6 is 11.3 Å². The SMILES string of the molecule is NC(CCCc1cccs1)C1=CCCCCC1. The van der Waals surface area contributed by atoms with Crippen molar-refractivity contribution in [2.75, 3.05) is 0 Å². The van der Waals surface area contributed by atoms with Crippen LogP contribution < -0.4 is 5.73 Å². The summed E-state index contributed by atoms with van der Waals surface area (Å²) >= 11 is 1.86. The molecular formula is C15H23NS. The minimum absolute atomic E-state index is 0.313. The summed E-state index contributed by atoms with van der Waals surface area (Å²) in [5, 5.41) is 2.16. The smallest absolute Gasteiger partial charge is 0.0253 e. The Kier molecular flexibility index (Phi) is 5.27. The lowest BCUT2D eigenvalue weighted by atomic mass is 9.98. The second-order valence-electron chi connectivity index (χ2n) is 4.96. The van der Waals surface area contributed by atoms with E-state index in [0.29, 0.717) is 6.04 Å². The zero-order valence-electron chi connectivity index (χ0n) is 10.5. The molecule has 0 saturated carbocycles. The molecule has 1 aliphatic carbocycles. The van der Waals surface area contributed by atoms with Crippen molar-refractivity contribution in [3.63, 3.8) is 0 Å². The molecule has 1 unspecified atom stereocenters. The van der Waals surface area contributed by atoms with E-state index in [1.165, 1.54) is 55.4 Å². The lowest BCUT2D eigenvalue weighted by molar-refractivity contribution is 0.614. The number of thiophene rings is 1. The summed E-state index contributed by atoms with van der Waals surface area (Å²) in [6.07, 6.45) is 12.5. The first-order valence-electron chi connectivity index (χ1n) is 6.83. The van der Waals surface area contributed by atoms with E-state index in [1.54, 1.807) is 0 Å². The number of hydrogen-bond acceptors (Lipinski definition) is 2. The fourth-order valence-electron chi connectivity index (χ4n) is 2.51. The van der Waals surface area contributed by atoms with Gasteiger partial charge in [-0.05, 0) is 56.4 Å². The van der Waals surface area contributed by atoms with Gasteiger partial charge in [-0.25, -0.2) is 0 Å². The van der Waals surface area contributed by atoms with Gasteiger partial charge in [0.05, 0.1) is 0 Å². The van der Waals surface area contributed by atoms with Crippen LogP contribution in [-0.4, -0.2) is 6.04 Å². The van der Waals surface area contributed by atoms with Crippen molar-refractivity contribution in [3.05, 3.63) is 34.0 Å². The van der Waals surface area contributed by atoms with Crippen molar-refractivity contribution in [1.29, 1.82) is 0 Å². The maximum Gasteiger partial charge on any atom is 0.0253 e. The van der Waals surface area contributed by atoms with Gasteiger partial charge in [-0.3, -0.25) is 0 Å². The molecule has 0 spiro atoms. The summed E-state index contributed by atoms with van der Waals surface area (Å²) in [6, 6.07) is 4.67. The third-order valence-electron chi connectivity index (χ3n) is 3.57. The predicted octanol–water partition coefficient (Wildman–Crippen LogP) is 4.29. The molecule has 0 aromatic carbocycles. The average molecular weight is 249 g/mol. The molecule has 0 aliphatic heterocycles. The molecule has 0 fully saturated rings. The Hall–Kier alpha value is -0.600. The van der Waals surface area contributed by atoms with E-state index >= 15 is 0 Å². The molecule has 2 N–H and O–H groups in total. The highest BCUT2D eigenvalue weighted by atomic mass is 32.1. The zero-order chi connectivity index (χ0) is 11.9. The summed E-state index contributed by atoms with van der Waals surface area (Å²) in [5.74, 6) is 0. The normalized spacial score (nSPS) is 18.5. The van der Waals surface area contributed by atoms with Crippen molar-refractivity contribution in [2.24, 2.45) is 5.73 Å². The van der Waals surface area contributed by atoms with Crippen LogP contribution in [0, 0.1) is 0 Å². The van der Waals surface area contributed by atoms with Gasteiger partial charge < -0.3 is 5.73 Å². The Balaban J connectivity index is 1.72. The molecule has 2 rings (SSSR count). The van der Waals surface area contributed by atoms with Crippen molar-refractivity contribution < 1.29 is 0 Å². The summed E-state index contributed by atoms with van der Waals surface area (Å²) in [6.45, 7) is 0. The number of hydrogen-bond donors (Lipinski definition) is 1. The van der Waals surface area contributed by atoms with Crippen molar-refractivity contribution >= 4 is 11.3 Å². The van der Waals surface area contributed by atoms with Crippen LogP contribution in [0.15, 0.2) is 29.2 Å². The Bertz CT molecular complexity index is 340. The maximum atomic E-state index is 6.29. The maximum absolute atomic E-state index is 6.29. The van der Waals surface area contributed by atoms with Gasteiger partial charge in [0.2, 0.25) is 0 Å². The highest BCUT2D eigenvalue weighted by Gasteiger charge is 2.11. The molecular weight excluding hydrogens is 226 g/mol. The zero-order valence-corrected chi connectivity index (χ0v) is 11.3. The first-order chi connectivity index (χ1) is 8.36. The molecule has 0 amide bonds. The highest BCUT2D eigenvalue weighted by Crippen LogP contribution is 2.22. The van der Waals surface area contributed by atoms with Crippen molar-refractivity contribution in [3.8, 4) is 0 Å². The quantitative estimate of drug-likeness (QED) is 0.774. The number of nitrogens with two attached hydrogens (primary N) is 1. The summed E-state index contributed by atoms with van der Waals surface area (Å²) in [4.78, 5) is 1.49. The van der Waals surface area contributed by atoms with Crippen LogP contribution in [0.3, 0.4) is 0 Å². The molecule has 94 valence electrons. The van der Waals surface area contributed by atoms with Gasteiger partial charge in [-0.1, -0.05) is 24.1 Å². The average Bonchev–Trinajstić information content (AvgIpc) is 2.69. The second-order valence-corrected chi connectivity index (χ2v) is 5.99. The fraction of sp³-hybridized carbons (Fsp3) is 0.600. The number of aryl methyl sites for hydroxylation is 1. The lowest BCUT2D eigenvalue weighted by Crippen LogP contribution is -2.22. The van der Waals surface area contributed by atoms with Gasteiger partial charge in [0.25, 0.3) is 0 Å². The number of rotatable bonds is 5. The highest BCUT2D eigenvalue weighted by molar-refractivity contribution is 7.09. The fourth-order valence-corrected chi connectivity index (χ4v) is 3.26. The van der Waals surface area contributed by atoms with E-state index in [1.807, 2.05) is 11.3 Å². The molecule has 0 bridgehead atoms. The van der Waals surface area contributed by atoms with Gasteiger partial charge in [-0.15, -0.1) is 11.3 Å². The molecule has 0 saturated heterocycles. The van der Waals surface area contributed by atoms with E-state index in [2.05, 4.69) is 23.6 Å². The van der Waals surface area contributed by atoms with Crippen LogP contribution in [-0.2, 0) is 6.42 Å². The van der Waals surface area contributed by atoms with E-state index in [-0.39, 0.29) is 0 Å². The second kappa shape index (κ2) is 6.97. The van der Waals surface area contributed by atoms with E-state index in [9.17, 15) is 0 Å². The summed E-state index contributed by atoms with van der Waals surface area (Å²) in [5.41, 5.74) is 7.81. The topological polar surface area (TPSA) is 26.0 Å². The molecule has 1 heterocycles. The predicted molar refractivity (Wildman–Crippen MR) is 76.4 cm³/mol. The molecule has 17 heavy (non-hydrogen) atoms. The largest absolute Gasteiger partial charge is 0.324 e. The molecule has 1 aliphatic rings. The monoisotopic (exact) mass is 249 g/mol. The minimum atomic E-state index is 0.313. The molecule has 1 nitrogen and oxygen atoms in total. The Morgan fingerprint density at radius 1 is 1.29 bits per heavy atom. The van der Waals surface area contributed by atoms with E-state index in [0.717, 1.165) is 6.42 Å². The molecule has 1 aromatic heterocycles. The standard InChI is InChI=1S/C15H23NS/c16-15(13-7-3-1-2-4-8-13)11-5-9-14-10-6-12-17-14/h6-7,10,12,15H,1-5,8-9,11,16H2. The van der Waals surface area contributed by atoms with Gasteiger partial charge in [0.15, 0.2) is 0 Å². The third kappa shape index (κ3) is 4.29. The van der Waals surface area contributed by atoms with Crippen molar-refractivity contribution in [1.82, 2.24) is 0 Å². The molecule has 2 heteroatoms. The Morgan fingerprint density at radius 2 is 2.24 bits per heavy atom. The van der Waals surface area contributed by atoms with Crippen LogP contribution in [0.25, 0.3) is 0 Å². The summed E-state index contributed by atoms with van der Waals surface area (Å²) in [7, 11) is 0. The van der Waals surface area contributed by atoms with E-state index in [4.69, 9.17) is 5.73 Å². The summed E-state index contributed by atoms with van der Waals surface area (Å²) < 4.78 is 0. The Labute approximate surface area is 109 Å². The van der Waals surface area contributed by atoms with Gasteiger partial charge in [0, 0.05) is 10.9 Å². The van der Waals surface area contributed by atoms with E-state index < -0.39 is 0 Å². The third-order valence-corrected chi connectivity index (χ3v) is 4.51. The van der Waals surface area contributed by atoms with Crippen LogP contribution in [0.4, 0.5) is 0 Å². The minimum Gasteiger partial charge on any atom is -0.324 e. The first kappa shape index (κ1) is 12.8. The first-order valence-corrected chi connectivity index (χ1v) is 7.71. The van der Waals surface area contributed by atoms with Gasteiger partial charge in [0.1, 0.15) is 0 Å². The van der Waals surface area contributed by atoms with Crippen molar-refractivity contribution in [2.45, 2.75) is 57.4 Å². The van der Waals surface area contributed by atoms with Crippen LogP contribution in [0.2, 0.25) is 0 Å². The van der Waals surface area contributed by atoms with Crippen LogP contribution in [0.1, 0.15) is 49.8 Å². The van der Waals surface area contributed by atoms with Gasteiger partial charge in [-0.2, -0.15) is 0 Å². The van der Waals surface area contributed by atoms with Gasteiger partial charge >= 0.3 is 0 Å². The Morgan fingerprint density at radius 3 is 3.06 bits per heavy atom. The lowest BCUT2D eigenvalue weighted by Gasteiger charge is -2.14. The number of allylic oxidation sites excluding steroid dienone is 1. The molecule has 0 radical (unpaired) electrons.